The van der Waals surface area contributed by atoms with Crippen molar-refractivity contribution in [1.82, 2.24) is 10.5 Å². The first-order chi connectivity index (χ1) is 9.91. The summed E-state index contributed by atoms with van der Waals surface area (Å²) in [5.41, 5.74) is 1.61. The zero-order valence-electron chi connectivity index (χ0n) is 12.6. The van der Waals surface area contributed by atoms with Crippen LogP contribution in [0.4, 0.5) is 0 Å². The van der Waals surface area contributed by atoms with Crippen molar-refractivity contribution in [2.45, 2.75) is 33.7 Å². The Morgan fingerprint density at radius 2 is 1.95 bits per heavy atom. The average molecular weight is 307 g/mol. The number of amides is 1. The Balaban J connectivity index is 2.39. The molecule has 0 aliphatic heterocycles. The lowest BCUT2D eigenvalue weighted by molar-refractivity contribution is 0.0929. The maximum Gasteiger partial charge on any atom is 0.257 e. The Morgan fingerprint density at radius 3 is 2.57 bits per heavy atom. The Morgan fingerprint density at radius 1 is 1.29 bits per heavy atom. The van der Waals surface area contributed by atoms with E-state index >= 15 is 0 Å². The molecular formula is C16H19ClN2O2. The molecule has 1 atom stereocenters. The predicted octanol–water partition coefficient (Wildman–Crippen LogP) is 4.08. The molecule has 1 aromatic carbocycles. The number of aryl methyl sites for hydroxylation is 1. The highest BCUT2D eigenvalue weighted by Gasteiger charge is 2.24. The first-order valence-corrected chi connectivity index (χ1v) is 7.31. The van der Waals surface area contributed by atoms with Gasteiger partial charge in [0.15, 0.2) is 0 Å². The molecule has 1 unspecified atom stereocenters. The summed E-state index contributed by atoms with van der Waals surface area (Å²) in [5.74, 6) is 0.640. The molecule has 21 heavy (non-hydrogen) atoms. The molecule has 0 radical (unpaired) electrons. The van der Waals surface area contributed by atoms with Gasteiger partial charge in [0.2, 0.25) is 0 Å². The van der Waals surface area contributed by atoms with E-state index in [9.17, 15) is 4.79 Å². The first-order valence-electron chi connectivity index (χ1n) is 6.93. The van der Waals surface area contributed by atoms with Crippen LogP contribution in [0, 0.1) is 12.8 Å². The number of rotatable bonds is 4. The number of nitrogens with zero attached hydrogens (tertiary/aromatic N) is 1. The molecule has 0 bridgehead atoms. The van der Waals surface area contributed by atoms with E-state index in [4.69, 9.17) is 16.1 Å². The van der Waals surface area contributed by atoms with Crippen LogP contribution in [0.15, 0.2) is 28.8 Å². The van der Waals surface area contributed by atoms with Crippen LogP contribution < -0.4 is 5.32 Å². The van der Waals surface area contributed by atoms with Gasteiger partial charge in [0.25, 0.3) is 5.91 Å². The SMILES string of the molecule is Cc1onc(-c2ccccc2Cl)c1C(=O)NC(C)C(C)C. The van der Waals surface area contributed by atoms with Gasteiger partial charge in [-0.25, -0.2) is 0 Å². The van der Waals surface area contributed by atoms with E-state index in [2.05, 4.69) is 24.3 Å². The summed E-state index contributed by atoms with van der Waals surface area (Å²) >= 11 is 6.19. The molecule has 0 spiro atoms. The molecule has 1 amide bonds. The normalized spacial score (nSPS) is 12.5. The molecule has 1 N–H and O–H groups in total. The lowest BCUT2D eigenvalue weighted by Gasteiger charge is -2.17. The molecule has 2 rings (SSSR count). The number of nitrogens with one attached hydrogen (secondary N) is 1. The minimum atomic E-state index is -0.190. The van der Waals surface area contributed by atoms with E-state index in [0.717, 1.165) is 0 Å². The van der Waals surface area contributed by atoms with Crippen molar-refractivity contribution < 1.29 is 9.32 Å². The van der Waals surface area contributed by atoms with Crippen LogP contribution in [0.25, 0.3) is 11.3 Å². The van der Waals surface area contributed by atoms with Gasteiger partial charge in [0.05, 0.1) is 5.02 Å². The highest BCUT2D eigenvalue weighted by atomic mass is 35.5. The fourth-order valence-corrected chi connectivity index (χ4v) is 2.15. The second-order valence-corrected chi connectivity index (χ2v) is 5.86. The monoisotopic (exact) mass is 306 g/mol. The third kappa shape index (κ3) is 3.27. The highest BCUT2D eigenvalue weighted by molar-refractivity contribution is 6.33. The van der Waals surface area contributed by atoms with Crippen molar-refractivity contribution in [2.24, 2.45) is 5.92 Å². The zero-order chi connectivity index (χ0) is 15.6. The highest BCUT2D eigenvalue weighted by Crippen LogP contribution is 2.31. The summed E-state index contributed by atoms with van der Waals surface area (Å²) in [4.78, 5) is 12.5. The number of aromatic nitrogens is 1. The van der Waals surface area contributed by atoms with Gasteiger partial charge >= 0.3 is 0 Å². The number of benzene rings is 1. The van der Waals surface area contributed by atoms with Gasteiger partial charge in [-0.1, -0.05) is 48.8 Å². The lowest BCUT2D eigenvalue weighted by Crippen LogP contribution is -2.36. The van der Waals surface area contributed by atoms with Gasteiger partial charge in [-0.05, 0) is 25.8 Å². The Labute approximate surface area is 129 Å². The summed E-state index contributed by atoms with van der Waals surface area (Å²) in [7, 11) is 0. The number of carbonyl (C=O) groups is 1. The van der Waals surface area contributed by atoms with Crippen molar-refractivity contribution in [3.63, 3.8) is 0 Å². The minimum absolute atomic E-state index is 0.0610. The van der Waals surface area contributed by atoms with Crippen molar-refractivity contribution in [2.75, 3.05) is 0 Å². The van der Waals surface area contributed by atoms with Crippen LogP contribution in [-0.4, -0.2) is 17.1 Å². The summed E-state index contributed by atoms with van der Waals surface area (Å²) in [6, 6.07) is 7.33. The summed E-state index contributed by atoms with van der Waals surface area (Å²) in [6.07, 6.45) is 0. The second-order valence-electron chi connectivity index (χ2n) is 5.45. The molecule has 0 aliphatic rings. The Hall–Kier alpha value is -1.81. The van der Waals surface area contributed by atoms with E-state index in [1.165, 1.54) is 0 Å². The number of carbonyl (C=O) groups excluding carboxylic acids is 1. The van der Waals surface area contributed by atoms with Gasteiger partial charge in [0.1, 0.15) is 17.0 Å². The van der Waals surface area contributed by atoms with E-state index in [-0.39, 0.29) is 11.9 Å². The van der Waals surface area contributed by atoms with E-state index in [1.807, 2.05) is 25.1 Å². The fourth-order valence-electron chi connectivity index (χ4n) is 1.92. The van der Waals surface area contributed by atoms with Crippen molar-refractivity contribution in [3.8, 4) is 11.3 Å². The molecule has 112 valence electrons. The fraction of sp³-hybridized carbons (Fsp3) is 0.375. The van der Waals surface area contributed by atoms with Crippen LogP contribution >= 0.6 is 11.6 Å². The van der Waals surface area contributed by atoms with Crippen LogP contribution in [0.3, 0.4) is 0 Å². The van der Waals surface area contributed by atoms with Crippen molar-refractivity contribution >= 4 is 17.5 Å². The number of halogens is 1. The largest absolute Gasteiger partial charge is 0.360 e. The molecule has 4 nitrogen and oxygen atoms in total. The molecule has 0 fully saturated rings. The average Bonchev–Trinajstić information content (AvgIpc) is 2.80. The Bertz CT molecular complexity index is 649. The van der Waals surface area contributed by atoms with E-state index in [1.54, 1.807) is 13.0 Å². The lowest BCUT2D eigenvalue weighted by atomic mass is 10.0. The predicted molar refractivity (Wildman–Crippen MR) is 83.5 cm³/mol. The quantitative estimate of drug-likeness (QED) is 0.926. The maximum atomic E-state index is 12.5. The molecular weight excluding hydrogens is 288 g/mol. The molecule has 0 saturated heterocycles. The van der Waals surface area contributed by atoms with Gasteiger partial charge < -0.3 is 9.84 Å². The van der Waals surface area contributed by atoms with Crippen molar-refractivity contribution in [1.29, 1.82) is 0 Å². The second kappa shape index (κ2) is 6.31. The van der Waals surface area contributed by atoms with Gasteiger partial charge in [-0.2, -0.15) is 0 Å². The topological polar surface area (TPSA) is 55.1 Å². The van der Waals surface area contributed by atoms with Crippen molar-refractivity contribution in [3.05, 3.63) is 40.6 Å². The molecule has 1 aromatic heterocycles. The van der Waals surface area contributed by atoms with E-state index < -0.39 is 0 Å². The standard InChI is InChI=1S/C16H19ClN2O2/c1-9(2)10(3)18-16(20)14-11(4)21-19-15(14)12-7-5-6-8-13(12)17/h5-10H,1-4H3,(H,18,20). The summed E-state index contributed by atoms with van der Waals surface area (Å²) < 4.78 is 5.20. The molecule has 0 aliphatic carbocycles. The van der Waals surface area contributed by atoms with Crippen LogP contribution in [0.5, 0.6) is 0 Å². The zero-order valence-corrected chi connectivity index (χ0v) is 13.4. The number of hydrogen-bond donors (Lipinski definition) is 1. The van der Waals surface area contributed by atoms with Crippen LogP contribution in [-0.2, 0) is 0 Å². The number of hydrogen-bond acceptors (Lipinski definition) is 3. The molecule has 1 heterocycles. The van der Waals surface area contributed by atoms with Gasteiger partial charge in [-0.3, -0.25) is 4.79 Å². The maximum absolute atomic E-state index is 12.5. The Kier molecular flexibility index (Phi) is 4.68. The summed E-state index contributed by atoms with van der Waals surface area (Å²) in [6.45, 7) is 7.81. The van der Waals surface area contributed by atoms with Crippen LogP contribution in [0.2, 0.25) is 5.02 Å². The minimum Gasteiger partial charge on any atom is -0.360 e. The third-order valence-electron chi connectivity index (χ3n) is 3.58. The van der Waals surface area contributed by atoms with Crippen LogP contribution in [0.1, 0.15) is 36.9 Å². The molecule has 0 saturated carbocycles. The van der Waals surface area contributed by atoms with Gasteiger partial charge in [-0.15, -0.1) is 0 Å². The summed E-state index contributed by atoms with van der Waals surface area (Å²) in [5, 5.41) is 7.51. The third-order valence-corrected chi connectivity index (χ3v) is 3.91. The van der Waals surface area contributed by atoms with E-state index in [0.29, 0.717) is 33.5 Å². The smallest absolute Gasteiger partial charge is 0.257 e. The molecule has 2 aromatic rings. The van der Waals surface area contributed by atoms with Gasteiger partial charge in [0, 0.05) is 11.6 Å². The molecule has 5 heteroatoms. The first kappa shape index (κ1) is 15.6.